The van der Waals surface area contributed by atoms with Crippen molar-refractivity contribution in [1.29, 1.82) is 0 Å². The number of carbonyl (C=O) groups excluding carboxylic acids is 2. The van der Waals surface area contributed by atoms with Crippen LogP contribution < -0.4 is 0 Å². The van der Waals surface area contributed by atoms with Crippen LogP contribution >= 0.6 is 0 Å². The minimum atomic E-state index is -3.92. The van der Waals surface area contributed by atoms with Crippen LogP contribution in [0.25, 0.3) is 5.76 Å². The smallest absolute Gasteiger partial charge is 0.274 e. The molecule has 1 aliphatic carbocycles. The van der Waals surface area contributed by atoms with E-state index in [1.54, 1.807) is 38.1 Å². The van der Waals surface area contributed by atoms with Gasteiger partial charge in [-0.1, -0.05) is 24.3 Å². The lowest BCUT2D eigenvalue weighted by atomic mass is 9.82. The molecular weight excluding hydrogens is 320 g/mol. The monoisotopic (exact) mass is 336 g/mol. The molecule has 6 nitrogen and oxygen atoms in total. The van der Waals surface area contributed by atoms with E-state index in [9.17, 15) is 18.0 Å². The Hall–Kier alpha value is -1.99. The van der Waals surface area contributed by atoms with Crippen molar-refractivity contribution < 1.29 is 26.9 Å². The van der Waals surface area contributed by atoms with E-state index in [-0.39, 0.29) is 23.3 Å². The molecule has 0 aromatic heterocycles. The van der Waals surface area contributed by atoms with Gasteiger partial charge in [0.1, 0.15) is 16.6 Å². The van der Waals surface area contributed by atoms with Gasteiger partial charge in [-0.2, -0.15) is 8.42 Å². The molecule has 0 fully saturated rings. The molecule has 0 spiro atoms. The molecule has 0 radical (unpaired) electrons. The molecular formula is C16H16O6S. The first-order valence-corrected chi connectivity index (χ1v) is 8.56. The van der Waals surface area contributed by atoms with Gasteiger partial charge >= 0.3 is 0 Å². The second kappa shape index (κ2) is 5.01. The van der Waals surface area contributed by atoms with Gasteiger partial charge in [-0.25, -0.2) is 0 Å². The van der Waals surface area contributed by atoms with Gasteiger partial charge in [-0.05, 0) is 13.8 Å². The average molecular weight is 336 g/mol. The maximum absolute atomic E-state index is 12.4. The number of benzene rings is 1. The second-order valence-electron chi connectivity index (χ2n) is 6.07. The van der Waals surface area contributed by atoms with Crippen LogP contribution in [0, 0.1) is 0 Å². The summed E-state index contributed by atoms with van der Waals surface area (Å²) in [5, 5.41) is -1.07. The molecule has 3 rings (SSSR count). The highest BCUT2D eigenvalue weighted by Crippen LogP contribution is 2.43. The van der Waals surface area contributed by atoms with Crippen molar-refractivity contribution in [3.8, 4) is 0 Å². The van der Waals surface area contributed by atoms with Gasteiger partial charge in [-0.15, -0.1) is 0 Å². The van der Waals surface area contributed by atoms with Crippen molar-refractivity contribution in [2.75, 3.05) is 7.11 Å². The summed E-state index contributed by atoms with van der Waals surface area (Å²) in [4.78, 5) is 24.6. The van der Waals surface area contributed by atoms with Gasteiger partial charge in [0.2, 0.25) is 11.6 Å². The maximum Gasteiger partial charge on any atom is 0.274 e. The number of hydrogen-bond acceptors (Lipinski definition) is 6. The van der Waals surface area contributed by atoms with Gasteiger partial charge in [-0.3, -0.25) is 13.8 Å². The lowest BCUT2D eigenvalue weighted by molar-refractivity contribution is -0.112. The fourth-order valence-corrected chi connectivity index (χ4v) is 4.38. The second-order valence-corrected chi connectivity index (χ2v) is 7.96. The molecule has 1 aliphatic heterocycles. The van der Waals surface area contributed by atoms with E-state index in [0.717, 1.165) is 7.11 Å². The molecule has 0 saturated carbocycles. The summed E-state index contributed by atoms with van der Waals surface area (Å²) in [6.07, 6.45) is -0.114. The molecule has 1 aromatic rings. The molecule has 23 heavy (non-hydrogen) atoms. The summed E-state index contributed by atoms with van der Waals surface area (Å²) in [5.41, 5.74) is -0.200. The van der Waals surface area contributed by atoms with Crippen LogP contribution in [0.1, 0.15) is 36.2 Å². The van der Waals surface area contributed by atoms with Crippen LogP contribution in [0.4, 0.5) is 0 Å². The summed E-state index contributed by atoms with van der Waals surface area (Å²) in [5.74, 6) is -1.07. The van der Waals surface area contributed by atoms with Gasteiger partial charge < -0.3 is 4.74 Å². The quantitative estimate of drug-likeness (QED) is 0.603. The number of fused-ring (bicyclic) bond motifs is 2. The molecule has 1 atom stereocenters. The van der Waals surface area contributed by atoms with E-state index in [1.807, 2.05) is 0 Å². The minimum Gasteiger partial charge on any atom is -0.485 e. The van der Waals surface area contributed by atoms with Crippen LogP contribution in [-0.4, -0.2) is 37.9 Å². The highest BCUT2D eigenvalue weighted by molar-refractivity contribution is 7.87. The van der Waals surface area contributed by atoms with Crippen LogP contribution in [0.3, 0.4) is 0 Å². The van der Waals surface area contributed by atoms with E-state index < -0.39 is 32.5 Å². The van der Waals surface area contributed by atoms with E-state index in [4.69, 9.17) is 4.74 Å². The highest BCUT2D eigenvalue weighted by atomic mass is 32.2. The first-order chi connectivity index (χ1) is 10.7. The zero-order valence-electron chi connectivity index (χ0n) is 13.0. The lowest BCUT2D eigenvalue weighted by Crippen LogP contribution is -2.49. The summed E-state index contributed by atoms with van der Waals surface area (Å²) < 4.78 is 34.8. The Kier molecular flexibility index (Phi) is 3.46. The Balaban J connectivity index is 2.20. The summed E-state index contributed by atoms with van der Waals surface area (Å²) in [6, 6.07) is 6.66. The van der Waals surface area contributed by atoms with E-state index >= 15 is 0 Å². The van der Waals surface area contributed by atoms with Crippen molar-refractivity contribution in [3.63, 3.8) is 0 Å². The molecule has 0 bridgehead atoms. The zero-order valence-corrected chi connectivity index (χ0v) is 13.8. The van der Waals surface area contributed by atoms with Gasteiger partial charge in [0, 0.05) is 23.1 Å². The number of Topliss-reactive ketones (excluding diaryl/α,β-unsaturated/α-hetero) is 2. The number of carbonyl (C=O) groups is 2. The van der Waals surface area contributed by atoms with Crippen molar-refractivity contribution in [2.24, 2.45) is 0 Å². The van der Waals surface area contributed by atoms with Crippen LogP contribution in [-0.2, 0) is 23.8 Å². The fraction of sp³-hybridized carbons (Fsp3) is 0.375. The van der Waals surface area contributed by atoms with Gasteiger partial charge in [0.25, 0.3) is 10.1 Å². The predicted octanol–water partition coefficient (Wildman–Crippen LogP) is 1.71. The molecule has 1 heterocycles. The van der Waals surface area contributed by atoms with Gasteiger partial charge in [0.15, 0.2) is 0 Å². The Morgan fingerprint density at radius 3 is 2.35 bits per heavy atom. The van der Waals surface area contributed by atoms with Gasteiger partial charge in [0.05, 0.1) is 7.11 Å². The summed E-state index contributed by atoms with van der Waals surface area (Å²) in [6.45, 7) is 3.25. The molecule has 0 N–H and O–H groups in total. The van der Waals surface area contributed by atoms with Crippen molar-refractivity contribution >= 4 is 27.4 Å². The SMILES string of the molecule is COS(=O)(=O)C1CC2=C(OC1(C)C)c1ccccc1C(=O)C2=O. The Bertz CT molecular complexity index is 847. The van der Waals surface area contributed by atoms with E-state index in [2.05, 4.69) is 4.18 Å². The first-order valence-electron chi connectivity index (χ1n) is 7.09. The fourth-order valence-electron chi connectivity index (χ4n) is 3.03. The molecule has 7 heteroatoms. The number of allylic oxidation sites excluding steroid dienone is 1. The number of hydrogen-bond donors (Lipinski definition) is 0. The standard InChI is InChI=1S/C16H16O6S/c1-16(2)12(23(19,20)21-3)8-11-14(18)13(17)9-6-4-5-7-10(9)15(11)22-16/h4-7,12H,8H2,1-3H3. The van der Waals surface area contributed by atoms with Crippen LogP contribution in [0.15, 0.2) is 29.8 Å². The zero-order chi connectivity index (χ0) is 17.0. The third kappa shape index (κ3) is 2.31. The van der Waals surface area contributed by atoms with Crippen LogP contribution in [0.2, 0.25) is 0 Å². The Labute approximate surface area is 134 Å². The van der Waals surface area contributed by atoms with Crippen molar-refractivity contribution in [1.82, 2.24) is 0 Å². The molecule has 0 amide bonds. The molecule has 1 unspecified atom stereocenters. The number of rotatable bonds is 2. The van der Waals surface area contributed by atoms with Crippen LogP contribution in [0.5, 0.6) is 0 Å². The number of ketones is 2. The molecule has 122 valence electrons. The van der Waals surface area contributed by atoms with Crippen molar-refractivity contribution in [3.05, 3.63) is 41.0 Å². The first kappa shape index (κ1) is 15.9. The van der Waals surface area contributed by atoms with Crippen molar-refractivity contribution in [2.45, 2.75) is 31.1 Å². The van der Waals surface area contributed by atoms with E-state index in [0.29, 0.717) is 5.56 Å². The number of ether oxygens (including phenoxy) is 1. The molecule has 2 aliphatic rings. The molecule has 1 aromatic carbocycles. The highest BCUT2D eigenvalue weighted by Gasteiger charge is 2.50. The lowest BCUT2D eigenvalue weighted by Gasteiger charge is -2.40. The topological polar surface area (TPSA) is 86.7 Å². The average Bonchev–Trinajstić information content (AvgIpc) is 2.51. The third-order valence-corrected chi connectivity index (χ3v) is 6.18. The Morgan fingerprint density at radius 1 is 1.13 bits per heavy atom. The van der Waals surface area contributed by atoms with E-state index in [1.165, 1.54) is 0 Å². The summed E-state index contributed by atoms with van der Waals surface area (Å²) >= 11 is 0. The largest absolute Gasteiger partial charge is 0.485 e. The third-order valence-electron chi connectivity index (χ3n) is 4.28. The summed E-state index contributed by atoms with van der Waals surface area (Å²) in [7, 11) is -2.85. The normalized spacial score (nSPS) is 23.2. The predicted molar refractivity (Wildman–Crippen MR) is 82.2 cm³/mol. The molecule has 0 saturated heterocycles. The minimum absolute atomic E-state index is 0.0960. The maximum atomic E-state index is 12.4. The Morgan fingerprint density at radius 2 is 1.74 bits per heavy atom.